The van der Waals surface area contributed by atoms with Gasteiger partial charge in [0.25, 0.3) is 0 Å². The van der Waals surface area contributed by atoms with Crippen LogP contribution in [0.4, 0.5) is 5.69 Å². The summed E-state index contributed by atoms with van der Waals surface area (Å²) in [5.41, 5.74) is 4.55. The van der Waals surface area contributed by atoms with E-state index in [0.717, 1.165) is 72.0 Å². The number of fused-ring (bicyclic) bond motifs is 2. The fourth-order valence-electron chi connectivity index (χ4n) is 5.16. The van der Waals surface area contributed by atoms with Crippen LogP contribution in [-0.2, 0) is 11.8 Å². The number of carbonyl (C=O) groups is 1. The van der Waals surface area contributed by atoms with Gasteiger partial charge in [-0.25, -0.2) is 4.98 Å². The maximum Gasteiger partial charge on any atom is 0.226 e. The number of benzene rings is 1. The number of aromatic amines is 1. The number of halogens is 1. The normalized spacial score (nSPS) is 18.4. The second-order valence-electron chi connectivity index (χ2n) is 8.57. The van der Waals surface area contributed by atoms with E-state index in [0.29, 0.717) is 10.8 Å². The van der Waals surface area contributed by atoms with E-state index in [1.165, 1.54) is 0 Å². The van der Waals surface area contributed by atoms with Crippen LogP contribution in [0.5, 0.6) is 0 Å². The standard InChI is InChI=1S/C22H22ClN7O/c1-29-16-3-2-13(10-14(16)11-26-29)15-12-25-20-17(19(23)27-28-20)18(15)30-8-5-22(6-9-30)4-7-24-21(22)31/h2-3,10-12H,4-9H2,1H3,(H,24,31)(H,25,27,28). The fraction of sp³-hybridized carbons (Fsp3) is 0.364. The largest absolute Gasteiger partial charge is 0.370 e. The molecule has 158 valence electrons. The highest BCUT2D eigenvalue weighted by atomic mass is 35.5. The van der Waals surface area contributed by atoms with Gasteiger partial charge in [-0.1, -0.05) is 17.7 Å². The zero-order valence-electron chi connectivity index (χ0n) is 17.2. The molecule has 0 aliphatic carbocycles. The predicted octanol–water partition coefficient (Wildman–Crippen LogP) is 3.27. The number of anilines is 1. The van der Waals surface area contributed by atoms with Crippen molar-refractivity contribution >= 4 is 45.1 Å². The van der Waals surface area contributed by atoms with Crippen molar-refractivity contribution in [3.05, 3.63) is 35.7 Å². The Morgan fingerprint density at radius 2 is 2.00 bits per heavy atom. The lowest BCUT2D eigenvalue weighted by Crippen LogP contribution is -2.44. The number of hydrogen-bond acceptors (Lipinski definition) is 5. The third kappa shape index (κ3) is 2.74. The van der Waals surface area contributed by atoms with E-state index in [1.54, 1.807) is 0 Å². The molecule has 1 spiro atoms. The molecule has 1 amide bonds. The lowest BCUT2D eigenvalue weighted by molar-refractivity contribution is -0.128. The monoisotopic (exact) mass is 435 g/mol. The van der Waals surface area contributed by atoms with Crippen LogP contribution in [0.25, 0.3) is 33.1 Å². The van der Waals surface area contributed by atoms with Crippen molar-refractivity contribution in [1.29, 1.82) is 0 Å². The number of piperidine rings is 1. The summed E-state index contributed by atoms with van der Waals surface area (Å²) >= 11 is 6.54. The highest BCUT2D eigenvalue weighted by molar-refractivity contribution is 6.35. The predicted molar refractivity (Wildman–Crippen MR) is 120 cm³/mol. The second-order valence-corrected chi connectivity index (χ2v) is 8.95. The summed E-state index contributed by atoms with van der Waals surface area (Å²) in [5.74, 6) is 0.204. The number of H-pyrrole nitrogens is 1. The topological polar surface area (TPSA) is 91.7 Å². The highest BCUT2D eigenvalue weighted by Gasteiger charge is 2.44. The number of rotatable bonds is 2. The van der Waals surface area contributed by atoms with Crippen LogP contribution in [0.1, 0.15) is 19.3 Å². The Labute approximate surface area is 183 Å². The van der Waals surface area contributed by atoms with E-state index in [9.17, 15) is 4.79 Å². The minimum Gasteiger partial charge on any atom is -0.370 e. The van der Waals surface area contributed by atoms with Gasteiger partial charge in [0.1, 0.15) is 5.15 Å². The lowest BCUT2D eigenvalue weighted by Gasteiger charge is -2.39. The highest BCUT2D eigenvalue weighted by Crippen LogP contribution is 2.44. The molecule has 0 radical (unpaired) electrons. The minimum atomic E-state index is -0.225. The maximum atomic E-state index is 12.5. The molecule has 0 bridgehead atoms. The SMILES string of the molecule is Cn1ncc2cc(-c3cnc4n[nH]c(Cl)c4c3N3CCC4(CCNC4=O)CC3)ccc21. The smallest absolute Gasteiger partial charge is 0.226 e. The molecule has 0 unspecified atom stereocenters. The van der Waals surface area contributed by atoms with Crippen LogP contribution >= 0.6 is 11.6 Å². The number of aryl methyl sites for hydroxylation is 1. The van der Waals surface area contributed by atoms with Gasteiger partial charge in [0.15, 0.2) is 5.65 Å². The first-order chi connectivity index (χ1) is 15.1. The Morgan fingerprint density at radius 3 is 2.77 bits per heavy atom. The zero-order valence-corrected chi connectivity index (χ0v) is 17.9. The van der Waals surface area contributed by atoms with Crippen LogP contribution in [-0.4, -0.2) is 50.5 Å². The number of aromatic nitrogens is 5. The van der Waals surface area contributed by atoms with Crippen LogP contribution in [0.3, 0.4) is 0 Å². The summed E-state index contributed by atoms with van der Waals surface area (Å²) in [6.07, 6.45) is 6.33. The molecule has 0 atom stereocenters. The van der Waals surface area contributed by atoms with Gasteiger partial charge in [-0.05, 0) is 37.0 Å². The summed E-state index contributed by atoms with van der Waals surface area (Å²) in [6.45, 7) is 2.36. The maximum absolute atomic E-state index is 12.5. The fourth-order valence-corrected chi connectivity index (χ4v) is 5.38. The average Bonchev–Trinajstić information content (AvgIpc) is 3.46. The molecule has 2 N–H and O–H groups in total. The molecule has 0 saturated carbocycles. The Kier molecular flexibility index (Phi) is 4.02. The van der Waals surface area contributed by atoms with E-state index < -0.39 is 0 Å². The summed E-state index contributed by atoms with van der Waals surface area (Å²) in [4.78, 5) is 19.4. The molecular formula is C22H22ClN7O. The first kappa shape index (κ1) is 18.6. The lowest BCUT2D eigenvalue weighted by atomic mass is 9.77. The molecular weight excluding hydrogens is 414 g/mol. The van der Waals surface area contributed by atoms with Gasteiger partial charge in [-0.2, -0.15) is 10.2 Å². The zero-order chi connectivity index (χ0) is 21.2. The van der Waals surface area contributed by atoms with Crippen LogP contribution in [0.15, 0.2) is 30.6 Å². The van der Waals surface area contributed by atoms with Crippen LogP contribution in [0.2, 0.25) is 5.15 Å². The molecule has 4 aromatic rings. The first-order valence-corrected chi connectivity index (χ1v) is 10.9. The minimum absolute atomic E-state index is 0.204. The molecule has 5 heterocycles. The Balaban J connectivity index is 1.47. The van der Waals surface area contributed by atoms with Gasteiger partial charge in [0.2, 0.25) is 5.91 Å². The van der Waals surface area contributed by atoms with E-state index >= 15 is 0 Å². The summed E-state index contributed by atoms with van der Waals surface area (Å²) in [5, 5.41) is 16.9. The first-order valence-electron chi connectivity index (χ1n) is 10.5. The van der Waals surface area contributed by atoms with Crippen molar-refractivity contribution in [2.24, 2.45) is 12.5 Å². The van der Waals surface area contributed by atoms with Crippen LogP contribution in [0, 0.1) is 5.41 Å². The van der Waals surface area contributed by atoms with Crippen LogP contribution < -0.4 is 10.2 Å². The Morgan fingerprint density at radius 1 is 1.16 bits per heavy atom. The molecule has 1 aromatic carbocycles. The van der Waals surface area contributed by atoms with Gasteiger partial charge in [0, 0.05) is 43.8 Å². The molecule has 2 aliphatic rings. The van der Waals surface area contributed by atoms with E-state index in [2.05, 4.69) is 48.7 Å². The van der Waals surface area contributed by atoms with Crippen molar-refractivity contribution in [3.63, 3.8) is 0 Å². The van der Waals surface area contributed by atoms with E-state index in [1.807, 2.05) is 24.1 Å². The Bertz CT molecular complexity index is 1330. The average molecular weight is 436 g/mol. The van der Waals surface area contributed by atoms with Gasteiger partial charge < -0.3 is 10.2 Å². The van der Waals surface area contributed by atoms with Gasteiger partial charge in [-0.3, -0.25) is 14.6 Å². The summed E-state index contributed by atoms with van der Waals surface area (Å²) in [7, 11) is 1.94. The number of amides is 1. The Hall–Kier alpha value is -3.13. The molecule has 2 fully saturated rings. The molecule has 2 saturated heterocycles. The quantitative estimate of drug-likeness (QED) is 0.504. The van der Waals surface area contributed by atoms with E-state index in [4.69, 9.17) is 11.6 Å². The van der Waals surface area contributed by atoms with Crippen molar-refractivity contribution in [2.75, 3.05) is 24.5 Å². The number of carbonyl (C=O) groups excluding carboxylic acids is 1. The molecule has 9 heteroatoms. The summed E-state index contributed by atoms with van der Waals surface area (Å²) in [6, 6.07) is 6.31. The molecule has 6 rings (SSSR count). The van der Waals surface area contributed by atoms with Gasteiger partial charge in [-0.15, -0.1) is 0 Å². The van der Waals surface area contributed by atoms with Crippen molar-refractivity contribution < 1.29 is 4.79 Å². The third-order valence-corrected chi connectivity index (χ3v) is 7.25. The molecule has 8 nitrogen and oxygen atoms in total. The number of hydrogen-bond donors (Lipinski definition) is 2. The van der Waals surface area contributed by atoms with Gasteiger partial charge in [0.05, 0.1) is 28.2 Å². The number of nitrogens with zero attached hydrogens (tertiary/aromatic N) is 5. The number of nitrogens with one attached hydrogen (secondary N) is 2. The molecule has 2 aliphatic heterocycles. The van der Waals surface area contributed by atoms with Crippen molar-refractivity contribution in [3.8, 4) is 11.1 Å². The molecule has 31 heavy (non-hydrogen) atoms. The summed E-state index contributed by atoms with van der Waals surface area (Å²) < 4.78 is 1.87. The van der Waals surface area contributed by atoms with Gasteiger partial charge >= 0.3 is 0 Å². The number of pyridine rings is 1. The molecule has 3 aromatic heterocycles. The second kappa shape index (κ2) is 6.68. The van der Waals surface area contributed by atoms with Crippen molar-refractivity contribution in [2.45, 2.75) is 19.3 Å². The van der Waals surface area contributed by atoms with Crippen molar-refractivity contribution in [1.82, 2.24) is 30.3 Å². The van der Waals surface area contributed by atoms with E-state index in [-0.39, 0.29) is 11.3 Å². The third-order valence-electron chi connectivity index (χ3n) is 6.98.